The van der Waals surface area contributed by atoms with E-state index in [9.17, 15) is 0 Å². The van der Waals surface area contributed by atoms with Gasteiger partial charge in [0, 0.05) is 48.8 Å². The number of hydrogen-bond donors (Lipinski definition) is 0. The van der Waals surface area contributed by atoms with E-state index in [0.717, 1.165) is 49.9 Å². The van der Waals surface area contributed by atoms with Crippen molar-refractivity contribution >= 4 is 68.5 Å². The molecule has 4 aliphatic rings. The summed E-state index contributed by atoms with van der Waals surface area (Å²) < 4.78 is 6.54. The lowest BCUT2D eigenvalue weighted by atomic mass is 9.96. The Kier molecular flexibility index (Phi) is 8.68. The molecule has 0 aliphatic carbocycles. The van der Waals surface area contributed by atoms with Gasteiger partial charge in [0.05, 0.1) is 22.6 Å². The van der Waals surface area contributed by atoms with Crippen LogP contribution in [0.5, 0.6) is 0 Å². The van der Waals surface area contributed by atoms with Crippen LogP contribution in [0.25, 0.3) is 67.0 Å². The molecule has 69 heavy (non-hydrogen) atoms. The minimum absolute atomic E-state index is 0.0129. The van der Waals surface area contributed by atoms with E-state index in [1.807, 2.05) is 59.9 Å². The summed E-state index contributed by atoms with van der Waals surface area (Å²) in [5.41, 5.74) is 17.4. The van der Waals surface area contributed by atoms with Gasteiger partial charge in [0.1, 0.15) is 11.2 Å². The minimum Gasteiger partial charge on any atom is -0.456 e. The first-order chi connectivity index (χ1) is 34.2. The lowest BCUT2D eigenvalue weighted by Gasteiger charge is -2.27. The van der Waals surface area contributed by atoms with E-state index >= 15 is 0 Å². The highest BCUT2D eigenvalue weighted by molar-refractivity contribution is 8.00. The molecule has 4 atom stereocenters. The summed E-state index contributed by atoms with van der Waals surface area (Å²) in [5.74, 6) is 1.96. The van der Waals surface area contributed by atoms with E-state index in [1.165, 1.54) is 54.5 Å². The standard InChI is InChI=1S/C61H39N5OS2/c1-4-14-36(15-5-1)59-62-60(37-16-6-2-7-17-37)64-61(63-59)66-50-29-25-39(35-48(50)58-56(66)44-21-11-13-23-54(44)69-58)41-27-31-52-46(33-41)45-32-40(26-30-51(45)67-52)38-24-28-49-47(34-38)57-55(43-20-10-12-22-53(43)68-57)65(49)42-18-8-3-9-19-42/h1-35,55-58H. The van der Waals surface area contributed by atoms with Crippen LogP contribution in [-0.2, 0) is 0 Å². The zero-order valence-corrected chi connectivity index (χ0v) is 38.6. The number of nitrogens with zero attached hydrogens (tertiary/aromatic N) is 5. The Morgan fingerprint density at radius 1 is 0.362 bits per heavy atom. The summed E-state index contributed by atoms with van der Waals surface area (Å²) in [6.07, 6.45) is 0. The number of benzene rings is 9. The van der Waals surface area contributed by atoms with Gasteiger partial charge in [-0.3, -0.25) is 0 Å². The van der Waals surface area contributed by atoms with Crippen molar-refractivity contribution in [3.05, 3.63) is 235 Å². The van der Waals surface area contributed by atoms with Crippen LogP contribution in [0.4, 0.5) is 23.0 Å². The van der Waals surface area contributed by atoms with Crippen molar-refractivity contribution in [2.24, 2.45) is 0 Å². The van der Waals surface area contributed by atoms with Gasteiger partial charge in [-0.25, -0.2) is 4.98 Å². The fraction of sp³-hybridized carbons (Fsp3) is 0.0656. The van der Waals surface area contributed by atoms with Crippen molar-refractivity contribution in [2.45, 2.75) is 32.4 Å². The lowest BCUT2D eigenvalue weighted by Crippen LogP contribution is -2.22. The number of thioether (sulfide) groups is 2. The summed E-state index contributed by atoms with van der Waals surface area (Å²) in [6.45, 7) is 0. The molecule has 0 bridgehead atoms. The van der Waals surface area contributed by atoms with Crippen molar-refractivity contribution in [3.8, 4) is 45.0 Å². The number of fused-ring (bicyclic) bond motifs is 13. The first kappa shape index (κ1) is 39.1. The van der Waals surface area contributed by atoms with Crippen molar-refractivity contribution in [2.75, 3.05) is 9.80 Å². The fourth-order valence-electron chi connectivity index (χ4n) is 11.2. The van der Waals surface area contributed by atoms with Crippen LogP contribution in [0.2, 0.25) is 0 Å². The molecule has 6 nitrogen and oxygen atoms in total. The molecule has 4 unspecified atom stereocenters. The highest BCUT2D eigenvalue weighted by atomic mass is 32.2. The highest BCUT2D eigenvalue weighted by Crippen LogP contribution is 2.66. The molecule has 0 spiro atoms. The van der Waals surface area contributed by atoms with E-state index in [1.54, 1.807) is 0 Å². The number of rotatable bonds is 6. The quantitative estimate of drug-likeness (QED) is 0.163. The topological polar surface area (TPSA) is 58.3 Å². The second-order valence-electron chi connectivity index (χ2n) is 18.2. The average molecular weight is 922 g/mol. The zero-order valence-electron chi connectivity index (χ0n) is 37.0. The van der Waals surface area contributed by atoms with Crippen LogP contribution in [0.15, 0.2) is 227 Å². The zero-order chi connectivity index (χ0) is 45.2. The molecule has 6 heterocycles. The molecule has 4 aliphatic heterocycles. The summed E-state index contributed by atoms with van der Waals surface area (Å²) in [5, 5.41) is 2.68. The van der Waals surface area contributed by atoms with Gasteiger partial charge in [-0.05, 0) is 117 Å². The van der Waals surface area contributed by atoms with E-state index in [-0.39, 0.29) is 17.3 Å². The van der Waals surface area contributed by atoms with Crippen molar-refractivity contribution in [3.63, 3.8) is 0 Å². The second-order valence-corrected chi connectivity index (χ2v) is 20.6. The van der Waals surface area contributed by atoms with E-state index in [0.29, 0.717) is 22.8 Å². The molecule has 8 heteroatoms. The molecule has 0 fully saturated rings. The Balaban J connectivity index is 0.820. The maximum absolute atomic E-state index is 6.54. The van der Waals surface area contributed by atoms with Gasteiger partial charge >= 0.3 is 0 Å². The molecule has 0 amide bonds. The number of hydrogen-bond acceptors (Lipinski definition) is 8. The Morgan fingerprint density at radius 2 is 0.797 bits per heavy atom. The van der Waals surface area contributed by atoms with E-state index < -0.39 is 0 Å². The number of aromatic nitrogens is 3. The Labute approximate surface area is 407 Å². The molecule has 0 saturated carbocycles. The molecule has 0 radical (unpaired) electrons. The first-order valence-electron chi connectivity index (χ1n) is 23.5. The predicted molar refractivity (Wildman–Crippen MR) is 282 cm³/mol. The van der Waals surface area contributed by atoms with Gasteiger partial charge in [-0.2, -0.15) is 9.97 Å². The molecule has 2 aromatic heterocycles. The summed E-state index contributed by atoms with van der Waals surface area (Å²) in [4.78, 5) is 23.1. The van der Waals surface area contributed by atoms with Gasteiger partial charge < -0.3 is 14.2 Å². The van der Waals surface area contributed by atoms with E-state index in [4.69, 9.17) is 19.4 Å². The minimum atomic E-state index is 0.0129. The number of furan rings is 1. The normalized spacial score (nSPS) is 18.3. The lowest BCUT2D eigenvalue weighted by molar-refractivity contribution is 0.669. The molecule has 15 rings (SSSR count). The molecule has 11 aromatic rings. The van der Waals surface area contributed by atoms with Crippen LogP contribution in [0.3, 0.4) is 0 Å². The SMILES string of the molecule is c1ccc(-c2nc(-c3ccccc3)nc(N3c4ccc(-c5ccc6oc7ccc(-c8ccc9c(c8)C8Sc%10ccccc%10C8N9c8ccccc8)cc7c6c5)cc4C4Sc5ccccc5C43)n2)cc1. The fourth-order valence-corrected chi connectivity index (χ4v) is 14.2. The number of para-hydroxylation sites is 1. The predicted octanol–water partition coefficient (Wildman–Crippen LogP) is 16.5. The van der Waals surface area contributed by atoms with Crippen LogP contribution < -0.4 is 9.80 Å². The first-order valence-corrected chi connectivity index (χ1v) is 25.2. The highest BCUT2D eigenvalue weighted by Gasteiger charge is 2.48. The van der Waals surface area contributed by atoms with Crippen LogP contribution in [0, 0.1) is 0 Å². The van der Waals surface area contributed by atoms with Gasteiger partial charge in [0.25, 0.3) is 0 Å². The third kappa shape index (κ3) is 6.12. The van der Waals surface area contributed by atoms with Crippen molar-refractivity contribution in [1.29, 1.82) is 0 Å². The maximum atomic E-state index is 6.54. The molecule has 9 aromatic carbocycles. The van der Waals surface area contributed by atoms with Gasteiger partial charge in [0.2, 0.25) is 5.95 Å². The summed E-state index contributed by atoms with van der Waals surface area (Å²) >= 11 is 3.93. The van der Waals surface area contributed by atoms with Crippen molar-refractivity contribution in [1.82, 2.24) is 15.0 Å². The van der Waals surface area contributed by atoms with Gasteiger partial charge in [0.15, 0.2) is 11.6 Å². The third-order valence-electron chi connectivity index (χ3n) is 14.4. The van der Waals surface area contributed by atoms with E-state index in [2.05, 4.69) is 186 Å². The molecule has 326 valence electrons. The molecular formula is C61H39N5OS2. The largest absolute Gasteiger partial charge is 0.456 e. The smallest absolute Gasteiger partial charge is 0.234 e. The van der Waals surface area contributed by atoms with Crippen LogP contribution in [0.1, 0.15) is 44.8 Å². The number of anilines is 4. The van der Waals surface area contributed by atoms with Gasteiger partial charge in [-0.15, -0.1) is 23.5 Å². The summed E-state index contributed by atoms with van der Waals surface area (Å²) in [7, 11) is 0. The monoisotopic (exact) mass is 921 g/mol. The maximum Gasteiger partial charge on any atom is 0.234 e. The Bertz CT molecular complexity index is 3800. The average Bonchev–Trinajstić information content (AvgIpc) is 4.23. The second kappa shape index (κ2) is 15.3. The molecule has 0 N–H and O–H groups in total. The molecular weight excluding hydrogens is 883 g/mol. The van der Waals surface area contributed by atoms with Crippen LogP contribution >= 0.6 is 23.5 Å². The van der Waals surface area contributed by atoms with Gasteiger partial charge in [-0.1, -0.05) is 140 Å². The van der Waals surface area contributed by atoms with Crippen LogP contribution in [-0.4, -0.2) is 15.0 Å². The molecule has 0 saturated heterocycles. The van der Waals surface area contributed by atoms with Crippen molar-refractivity contribution < 1.29 is 4.42 Å². The third-order valence-corrected chi connectivity index (χ3v) is 17.2. The Hall–Kier alpha value is -7.91. The Morgan fingerprint density at radius 3 is 1.33 bits per heavy atom. The summed E-state index contributed by atoms with van der Waals surface area (Å²) in [6, 6.07) is 76.6.